The molecule has 6 amide bonds. The molecule has 0 spiro atoms. The van der Waals surface area contributed by atoms with Gasteiger partial charge in [0.1, 0.15) is 5.75 Å². The van der Waals surface area contributed by atoms with Gasteiger partial charge in [-0.1, -0.05) is 90.0 Å². The second-order valence-electron chi connectivity index (χ2n) is 13.2. The van der Waals surface area contributed by atoms with E-state index in [4.69, 9.17) is 5.73 Å². The predicted octanol–water partition coefficient (Wildman–Crippen LogP) is 4.92. The highest BCUT2D eigenvalue weighted by atomic mass is 16.3. The number of urea groups is 1. The number of allylic oxidation sites excluding steroid dienone is 2. The Morgan fingerprint density at radius 3 is 2.23 bits per heavy atom. The molecular formula is C38H32N4O6. The van der Waals surface area contributed by atoms with Gasteiger partial charge in [-0.2, -0.15) is 9.91 Å². The molecule has 10 heteroatoms. The first-order chi connectivity index (χ1) is 23.1. The maximum absolute atomic E-state index is 15.3. The van der Waals surface area contributed by atoms with Crippen LogP contribution in [0.15, 0.2) is 103 Å². The number of primary amides is 1. The fraction of sp³-hybridized carbons (Fsp3) is 0.237. The van der Waals surface area contributed by atoms with E-state index in [9.17, 15) is 24.3 Å². The number of nitrogens with zero attached hydrogens (tertiary/aromatic N) is 2. The second-order valence-corrected chi connectivity index (χ2v) is 13.2. The van der Waals surface area contributed by atoms with Crippen molar-refractivity contribution in [2.24, 2.45) is 29.4 Å². The highest BCUT2D eigenvalue weighted by molar-refractivity contribution is 6.17. The van der Waals surface area contributed by atoms with E-state index in [-0.39, 0.29) is 18.6 Å². The summed E-state index contributed by atoms with van der Waals surface area (Å²) in [6, 6.07) is 26.2. The molecule has 4 N–H and O–H groups in total. The van der Waals surface area contributed by atoms with Gasteiger partial charge >= 0.3 is 6.03 Å². The highest BCUT2D eigenvalue weighted by Crippen LogP contribution is 2.64. The smallest absolute Gasteiger partial charge is 0.328 e. The SMILES string of the molecule is Cc1ccc(NN2C(=O)[C@@H]3C[C@@H]4C(=CC[C@@H]5C(=O)N(C(N)=O)C(=O)[C@@H]54)[C@H](c4ccc(O)c5ccccc45)[C@]3(c3ccccc3)C2=O)cc1. The Hall–Kier alpha value is -5.77. The first-order valence-corrected chi connectivity index (χ1v) is 16.0. The minimum Gasteiger partial charge on any atom is -0.507 e. The lowest BCUT2D eigenvalue weighted by molar-refractivity contribution is -0.139. The summed E-state index contributed by atoms with van der Waals surface area (Å²) < 4.78 is 0. The number of aryl methyl sites for hydroxylation is 1. The zero-order chi connectivity index (χ0) is 33.5. The predicted molar refractivity (Wildman–Crippen MR) is 176 cm³/mol. The van der Waals surface area contributed by atoms with Crippen LogP contribution in [0.25, 0.3) is 10.8 Å². The van der Waals surface area contributed by atoms with Crippen molar-refractivity contribution in [3.05, 3.63) is 119 Å². The monoisotopic (exact) mass is 640 g/mol. The third kappa shape index (κ3) is 3.95. The summed E-state index contributed by atoms with van der Waals surface area (Å²) in [6.07, 6.45) is 2.18. The molecule has 0 aromatic heterocycles. The average Bonchev–Trinajstić information content (AvgIpc) is 3.47. The average molecular weight is 641 g/mol. The number of hydrogen-bond acceptors (Lipinski definition) is 7. The molecule has 8 rings (SSSR count). The van der Waals surface area contributed by atoms with Gasteiger partial charge in [0.25, 0.3) is 11.8 Å². The minimum atomic E-state index is -1.46. The van der Waals surface area contributed by atoms with Gasteiger partial charge in [-0.3, -0.25) is 24.6 Å². The van der Waals surface area contributed by atoms with E-state index in [1.165, 1.54) is 0 Å². The summed E-state index contributed by atoms with van der Waals surface area (Å²) in [6.45, 7) is 1.94. The number of aromatic hydroxyl groups is 1. The van der Waals surface area contributed by atoms with Crippen molar-refractivity contribution < 1.29 is 29.1 Å². The number of fused-ring (bicyclic) bond motifs is 5. The first-order valence-electron chi connectivity index (χ1n) is 16.0. The van der Waals surface area contributed by atoms with Crippen LogP contribution in [-0.4, -0.2) is 44.7 Å². The van der Waals surface area contributed by atoms with Gasteiger partial charge in [0.2, 0.25) is 11.8 Å². The van der Waals surface area contributed by atoms with Crippen LogP contribution in [0.4, 0.5) is 10.5 Å². The van der Waals surface area contributed by atoms with Gasteiger partial charge in [0, 0.05) is 11.3 Å². The van der Waals surface area contributed by atoms with Gasteiger partial charge in [-0.25, -0.2) is 4.79 Å². The summed E-state index contributed by atoms with van der Waals surface area (Å²) in [5, 5.41) is 13.3. The van der Waals surface area contributed by atoms with Crippen LogP contribution in [0.5, 0.6) is 5.75 Å². The maximum atomic E-state index is 15.3. The third-order valence-electron chi connectivity index (χ3n) is 10.9. The standard InChI is InChI=1S/C38H32N4O6/c1-20-11-13-22(14-12-20)40-42-34(45)29-19-28-26(15-16-27-31(28)35(46)41(33(27)44)37(39)48)32(38(29,36(42)47)21-7-3-2-4-8-21)25-17-18-30(43)24-10-6-5-9-23(24)25/h2-15,17-18,27-29,31-32,40,43H,16,19H2,1H3,(H2,39,48)/t27-,28+,29-,31-,32-,38+/m0/s1. The molecule has 0 bridgehead atoms. The lowest BCUT2D eigenvalue weighted by Crippen LogP contribution is -2.53. The molecule has 0 radical (unpaired) electrons. The van der Waals surface area contributed by atoms with Gasteiger partial charge < -0.3 is 10.8 Å². The van der Waals surface area contributed by atoms with Gasteiger partial charge in [-0.15, -0.1) is 0 Å². The van der Waals surface area contributed by atoms with E-state index in [0.29, 0.717) is 32.5 Å². The van der Waals surface area contributed by atoms with E-state index in [2.05, 4.69) is 5.43 Å². The summed E-state index contributed by atoms with van der Waals surface area (Å²) in [5.74, 6) is -6.26. The molecule has 4 aliphatic rings. The van der Waals surface area contributed by atoms with Crippen molar-refractivity contribution in [3.63, 3.8) is 0 Å². The van der Waals surface area contributed by atoms with Crippen LogP contribution in [0.1, 0.15) is 35.4 Å². The number of benzene rings is 4. The molecule has 4 aromatic carbocycles. The lowest BCUT2D eigenvalue weighted by atomic mass is 9.49. The number of rotatable bonds is 4. The number of imide groups is 4. The summed E-state index contributed by atoms with van der Waals surface area (Å²) in [5.41, 5.74) is 10.8. The van der Waals surface area contributed by atoms with Crippen LogP contribution in [0.3, 0.4) is 0 Å². The molecule has 6 atom stereocenters. The van der Waals surface area contributed by atoms with Crippen molar-refractivity contribution >= 4 is 46.1 Å². The Balaban J connectivity index is 1.40. The van der Waals surface area contributed by atoms with Crippen molar-refractivity contribution in [2.75, 3.05) is 5.43 Å². The van der Waals surface area contributed by atoms with Gasteiger partial charge in [0.05, 0.1) is 28.9 Å². The Labute approximate surface area is 275 Å². The topological polar surface area (TPSA) is 150 Å². The number of likely N-dealkylation sites (tertiary alicyclic amines) is 1. The van der Waals surface area contributed by atoms with Crippen LogP contribution >= 0.6 is 0 Å². The van der Waals surface area contributed by atoms with E-state index in [1.54, 1.807) is 30.3 Å². The minimum absolute atomic E-state index is 0.0647. The molecular weight excluding hydrogens is 608 g/mol. The number of carbonyl (C=O) groups excluding carboxylic acids is 5. The Kier molecular flexibility index (Phi) is 6.56. The number of carbonyl (C=O) groups is 5. The second kappa shape index (κ2) is 10.6. The van der Waals surface area contributed by atoms with Crippen molar-refractivity contribution in [1.82, 2.24) is 9.91 Å². The normalized spacial score (nSPS) is 27.9. The molecule has 3 fully saturated rings. The molecule has 0 unspecified atom stereocenters. The number of hydrogen-bond donors (Lipinski definition) is 3. The maximum Gasteiger partial charge on any atom is 0.328 e. The number of nitrogens with one attached hydrogen (secondary N) is 1. The number of amides is 6. The molecule has 4 aromatic rings. The molecule has 2 aliphatic heterocycles. The van der Waals surface area contributed by atoms with Crippen molar-refractivity contribution in [1.29, 1.82) is 0 Å². The van der Waals surface area contributed by atoms with Crippen LogP contribution in [-0.2, 0) is 24.6 Å². The Bertz CT molecular complexity index is 2090. The zero-order valence-electron chi connectivity index (χ0n) is 26.0. The van der Waals surface area contributed by atoms with Crippen LogP contribution in [0.2, 0.25) is 0 Å². The molecule has 2 saturated heterocycles. The summed E-state index contributed by atoms with van der Waals surface area (Å²) in [7, 11) is 0. The zero-order valence-corrected chi connectivity index (χ0v) is 26.0. The Morgan fingerprint density at radius 2 is 1.52 bits per heavy atom. The molecule has 48 heavy (non-hydrogen) atoms. The molecule has 240 valence electrons. The van der Waals surface area contributed by atoms with E-state index in [0.717, 1.165) is 16.1 Å². The molecule has 2 aliphatic carbocycles. The lowest BCUT2D eigenvalue weighted by Gasteiger charge is -2.51. The third-order valence-corrected chi connectivity index (χ3v) is 10.9. The fourth-order valence-corrected chi connectivity index (χ4v) is 8.87. The summed E-state index contributed by atoms with van der Waals surface area (Å²) in [4.78, 5) is 70.0. The first kappa shape index (κ1) is 29.6. The van der Waals surface area contributed by atoms with Crippen LogP contribution < -0.4 is 11.2 Å². The van der Waals surface area contributed by atoms with Gasteiger partial charge in [0.15, 0.2) is 0 Å². The van der Waals surface area contributed by atoms with Crippen molar-refractivity contribution in [2.45, 2.75) is 31.1 Å². The van der Waals surface area contributed by atoms with E-state index >= 15 is 4.79 Å². The fourth-order valence-electron chi connectivity index (χ4n) is 8.87. The van der Waals surface area contributed by atoms with Crippen LogP contribution in [0, 0.1) is 30.6 Å². The Morgan fingerprint density at radius 1 is 0.833 bits per heavy atom. The van der Waals surface area contributed by atoms with Gasteiger partial charge in [-0.05, 0) is 60.4 Å². The summed E-state index contributed by atoms with van der Waals surface area (Å²) >= 11 is 0. The highest BCUT2D eigenvalue weighted by Gasteiger charge is 2.70. The number of hydrazine groups is 1. The number of nitrogens with two attached hydrogens (primary N) is 1. The molecule has 1 saturated carbocycles. The number of phenolic OH excluding ortho intramolecular Hbond substituents is 1. The number of anilines is 1. The molecule has 2 heterocycles. The molecule has 10 nitrogen and oxygen atoms in total. The van der Waals surface area contributed by atoms with E-state index in [1.807, 2.05) is 73.7 Å². The quantitative estimate of drug-likeness (QED) is 0.212. The number of phenols is 1. The van der Waals surface area contributed by atoms with Crippen molar-refractivity contribution in [3.8, 4) is 5.75 Å². The van der Waals surface area contributed by atoms with E-state index < -0.39 is 64.7 Å². The largest absolute Gasteiger partial charge is 0.507 e.